The van der Waals surface area contributed by atoms with E-state index in [9.17, 15) is 22.0 Å². The Balaban J connectivity index is 1.46. The van der Waals surface area contributed by atoms with Crippen LogP contribution < -0.4 is 18.9 Å². The number of thioether (sulfide) groups is 1. The number of nitrogens with zero attached hydrogens (tertiary/aromatic N) is 2. The van der Waals surface area contributed by atoms with Gasteiger partial charge in [0.25, 0.3) is 0 Å². The average molecular weight is 720 g/mol. The summed E-state index contributed by atoms with van der Waals surface area (Å²) in [5.74, 6) is 0.219. The summed E-state index contributed by atoms with van der Waals surface area (Å²) in [5, 5.41) is -0.801. The number of sulfonamides is 1. The van der Waals surface area contributed by atoms with Crippen LogP contribution in [0, 0.1) is 5.92 Å². The monoisotopic (exact) mass is 718 g/mol. The SMILES string of the molecule is COc1ccc(S(=O)(=O)N2CCS[C@H]2C(=O)OC(Cc2c(Cl)cncc2Cl)c2ccc(OC(F)F)c(OCC3CC3)c2)cc1OC. The van der Waals surface area contributed by atoms with Crippen LogP contribution in [-0.4, -0.2) is 68.8 Å². The van der Waals surface area contributed by atoms with Crippen molar-refractivity contribution in [2.24, 2.45) is 5.92 Å². The minimum absolute atomic E-state index is 0.0388. The first-order valence-electron chi connectivity index (χ1n) is 14.1. The van der Waals surface area contributed by atoms with Gasteiger partial charge in [-0.25, -0.2) is 13.2 Å². The molecule has 1 saturated carbocycles. The topological polar surface area (TPSA) is 113 Å². The lowest BCUT2D eigenvalue weighted by Crippen LogP contribution is -2.40. The van der Waals surface area contributed by atoms with Crippen LogP contribution in [0.4, 0.5) is 8.78 Å². The normalized spacial score (nSPS) is 17.5. The van der Waals surface area contributed by atoms with Gasteiger partial charge in [-0.2, -0.15) is 13.1 Å². The Labute approximate surface area is 279 Å². The fourth-order valence-electron chi connectivity index (χ4n) is 4.77. The summed E-state index contributed by atoms with van der Waals surface area (Å²) in [6, 6.07) is 8.37. The minimum Gasteiger partial charge on any atom is -0.493 e. The number of rotatable bonds is 14. The van der Waals surface area contributed by atoms with Gasteiger partial charge in [0.1, 0.15) is 6.10 Å². The van der Waals surface area contributed by atoms with Gasteiger partial charge in [0.05, 0.1) is 35.8 Å². The molecule has 5 rings (SSSR count). The van der Waals surface area contributed by atoms with Gasteiger partial charge in [0.2, 0.25) is 10.0 Å². The Morgan fingerprint density at radius 2 is 1.72 bits per heavy atom. The highest BCUT2D eigenvalue weighted by Gasteiger charge is 2.42. The number of benzene rings is 2. The van der Waals surface area contributed by atoms with E-state index in [0.29, 0.717) is 35.2 Å². The number of alkyl halides is 2. The fourth-order valence-corrected chi connectivity index (χ4v) is 8.35. The number of hydrogen-bond donors (Lipinski definition) is 0. The van der Waals surface area contributed by atoms with E-state index in [1.54, 1.807) is 0 Å². The van der Waals surface area contributed by atoms with Crippen molar-refractivity contribution < 1.29 is 45.7 Å². The summed E-state index contributed by atoms with van der Waals surface area (Å²) in [5.41, 5.74) is 0.778. The van der Waals surface area contributed by atoms with Crippen molar-refractivity contribution in [3.8, 4) is 23.0 Å². The molecule has 2 aliphatic rings. The van der Waals surface area contributed by atoms with Crippen molar-refractivity contribution in [3.05, 3.63) is 70.0 Å². The van der Waals surface area contributed by atoms with Crippen LogP contribution in [0.5, 0.6) is 23.0 Å². The Morgan fingerprint density at radius 1 is 1.02 bits per heavy atom. The molecular formula is C30H30Cl2F2N2O8S2. The van der Waals surface area contributed by atoms with Gasteiger partial charge >= 0.3 is 12.6 Å². The Kier molecular flexibility index (Phi) is 11.0. The van der Waals surface area contributed by atoms with Crippen molar-refractivity contribution >= 4 is 51.0 Å². The molecule has 0 radical (unpaired) electrons. The third kappa shape index (κ3) is 7.91. The second-order valence-corrected chi connectivity index (χ2v) is 14.3. The number of carbonyl (C=O) groups excluding carboxylic acids is 1. The molecule has 46 heavy (non-hydrogen) atoms. The lowest BCUT2D eigenvalue weighted by molar-refractivity contribution is -0.150. The molecule has 0 spiro atoms. The summed E-state index contributed by atoms with van der Waals surface area (Å²) in [6.07, 6.45) is 3.58. The molecule has 10 nitrogen and oxygen atoms in total. The third-order valence-corrected chi connectivity index (χ3v) is 11.2. The predicted octanol–water partition coefficient (Wildman–Crippen LogP) is 6.39. The first-order chi connectivity index (χ1) is 22.0. The highest BCUT2D eigenvalue weighted by atomic mass is 35.5. The summed E-state index contributed by atoms with van der Waals surface area (Å²) < 4.78 is 81.9. The molecule has 248 valence electrons. The number of halogens is 4. The second kappa shape index (κ2) is 14.8. The van der Waals surface area contributed by atoms with Crippen LogP contribution in [0.25, 0.3) is 0 Å². The summed E-state index contributed by atoms with van der Waals surface area (Å²) >= 11 is 13.9. The number of esters is 1. The minimum atomic E-state index is -4.18. The van der Waals surface area contributed by atoms with E-state index < -0.39 is 34.1 Å². The first-order valence-corrected chi connectivity index (χ1v) is 17.3. The van der Waals surface area contributed by atoms with Crippen LogP contribution in [0.1, 0.15) is 30.1 Å². The van der Waals surface area contributed by atoms with Crippen molar-refractivity contribution in [2.45, 2.75) is 42.2 Å². The Morgan fingerprint density at radius 3 is 2.37 bits per heavy atom. The fraction of sp³-hybridized carbons (Fsp3) is 0.400. The van der Waals surface area contributed by atoms with Crippen LogP contribution in [0.3, 0.4) is 0 Å². The molecule has 1 saturated heterocycles. The van der Waals surface area contributed by atoms with Gasteiger partial charge in [-0.05, 0) is 54.2 Å². The lowest BCUT2D eigenvalue weighted by Gasteiger charge is -2.26. The summed E-state index contributed by atoms with van der Waals surface area (Å²) in [7, 11) is -1.36. The molecule has 1 unspecified atom stereocenters. The maximum atomic E-state index is 13.8. The smallest absolute Gasteiger partial charge is 0.387 e. The highest BCUT2D eigenvalue weighted by Crippen LogP contribution is 2.40. The largest absolute Gasteiger partial charge is 0.493 e. The van der Waals surface area contributed by atoms with E-state index in [1.165, 1.54) is 63.0 Å². The van der Waals surface area contributed by atoms with Gasteiger partial charge < -0.3 is 23.7 Å². The quantitative estimate of drug-likeness (QED) is 0.174. The van der Waals surface area contributed by atoms with Crippen molar-refractivity contribution in [1.82, 2.24) is 9.29 Å². The molecule has 1 aliphatic carbocycles. The Hall–Kier alpha value is -3.04. The molecule has 0 bridgehead atoms. The van der Waals surface area contributed by atoms with Crippen LogP contribution >= 0.6 is 35.0 Å². The van der Waals surface area contributed by atoms with E-state index >= 15 is 0 Å². The molecule has 1 aromatic heterocycles. The van der Waals surface area contributed by atoms with Gasteiger partial charge in [0.15, 0.2) is 28.4 Å². The molecule has 0 amide bonds. The second-order valence-electron chi connectivity index (χ2n) is 10.4. The van der Waals surface area contributed by atoms with E-state index in [0.717, 1.165) is 28.9 Å². The zero-order valence-electron chi connectivity index (χ0n) is 24.7. The molecular weight excluding hydrogens is 689 g/mol. The molecule has 16 heteroatoms. The standard InChI is InChI=1S/C30H30Cl2F2N2O8S2/c1-40-23-8-6-19(12-26(23)41-2)46(38,39)36-9-10-45-28(36)29(37)43-25(13-20-21(31)14-35-15-22(20)32)18-5-7-24(44-30(33)34)27(11-18)42-16-17-3-4-17/h5-8,11-12,14-15,17,25,28,30H,3-4,9-10,13,16H2,1-2H3/t25?,28-/m0/s1. The van der Waals surface area contributed by atoms with Crippen LogP contribution in [0.15, 0.2) is 53.7 Å². The third-order valence-electron chi connectivity index (χ3n) is 7.34. The molecule has 2 fully saturated rings. The molecule has 0 N–H and O–H groups in total. The van der Waals surface area contributed by atoms with Gasteiger partial charge in [-0.3, -0.25) is 4.98 Å². The van der Waals surface area contributed by atoms with Crippen LogP contribution in [-0.2, 0) is 26.0 Å². The molecule has 1 aliphatic heterocycles. The zero-order chi connectivity index (χ0) is 33.0. The zero-order valence-corrected chi connectivity index (χ0v) is 27.8. The van der Waals surface area contributed by atoms with E-state index in [4.69, 9.17) is 42.1 Å². The number of methoxy groups -OCH3 is 2. The average Bonchev–Trinajstić information content (AvgIpc) is 3.72. The molecule has 2 heterocycles. The molecule has 3 aromatic rings. The lowest BCUT2D eigenvalue weighted by atomic mass is 10.0. The summed E-state index contributed by atoms with van der Waals surface area (Å²) in [4.78, 5) is 17.7. The van der Waals surface area contributed by atoms with Crippen LogP contribution in [0.2, 0.25) is 10.0 Å². The van der Waals surface area contributed by atoms with Crippen molar-refractivity contribution in [1.29, 1.82) is 0 Å². The molecule has 2 atom stereocenters. The number of hydrogen-bond acceptors (Lipinski definition) is 10. The number of pyridine rings is 1. The number of aromatic nitrogens is 1. The molecule has 2 aromatic carbocycles. The van der Waals surface area contributed by atoms with Crippen molar-refractivity contribution in [2.75, 3.05) is 33.1 Å². The maximum Gasteiger partial charge on any atom is 0.387 e. The van der Waals surface area contributed by atoms with E-state index in [2.05, 4.69) is 9.72 Å². The maximum absolute atomic E-state index is 13.8. The highest BCUT2D eigenvalue weighted by molar-refractivity contribution is 8.02. The van der Waals surface area contributed by atoms with E-state index in [-0.39, 0.29) is 45.2 Å². The van der Waals surface area contributed by atoms with Gasteiger partial charge in [-0.15, -0.1) is 11.8 Å². The van der Waals surface area contributed by atoms with E-state index in [1.807, 2.05) is 0 Å². The first kappa shape index (κ1) is 34.3. The van der Waals surface area contributed by atoms with Gasteiger partial charge in [0, 0.05) is 37.2 Å². The predicted molar refractivity (Wildman–Crippen MR) is 168 cm³/mol. The number of carbonyl (C=O) groups is 1. The Bertz CT molecular complexity index is 1660. The number of ether oxygens (including phenoxy) is 5. The van der Waals surface area contributed by atoms with Gasteiger partial charge in [-0.1, -0.05) is 29.3 Å². The summed E-state index contributed by atoms with van der Waals surface area (Å²) in [6.45, 7) is -2.74. The van der Waals surface area contributed by atoms with Crippen molar-refractivity contribution in [3.63, 3.8) is 0 Å².